The van der Waals surface area contributed by atoms with Crippen molar-refractivity contribution in [3.8, 4) is 5.75 Å². The summed E-state index contributed by atoms with van der Waals surface area (Å²) in [6.45, 7) is 6.71. The summed E-state index contributed by atoms with van der Waals surface area (Å²) < 4.78 is 45.4. The van der Waals surface area contributed by atoms with Crippen molar-refractivity contribution in [3.05, 3.63) is 60.8 Å². The van der Waals surface area contributed by atoms with Crippen molar-refractivity contribution in [2.45, 2.75) is 24.0 Å². The molecule has 0 saturated heterocycles. The van der Waals surface area contributed by atoms with Gasteiger partial charge in [-0.05, 0) is 69.6 Å². The highest BCUT2D eigenvalue weighted by molar-refractivity contribution is 7.92. The molecule has 4 rings (SSSR count). The highest BCUT2D eigenvalue weighted by Crippen LogP contribution is 2.38. The lowest BCUT2D eigenvalue weighted by atomic mass is 10.3. The Morgan fingerprint density at radius 1 is 1.00 bits per heavy atom. The van der Waals surface area contributed by atoms with E-state index in [1.165, 1.54) is 7.11 Å². The van der Waals surface area contributed by atoms with Crippen LogP contribution in [0.25, 0.3) is 5.52 Å². The molecule has 0 saturated carbocycles. The van der Waals surface area contributed by atoms with Gasteiger partial charge in [0.1, 0.15) is 18.4 Å². The molecule has 184 valence electrons. The molecule has 0 atom stereocenters. The Labute approximate surface area is 204 Å². The van der Waals surface area contributed by atoms with Gasteiger partial charge >= 0.3 is 0 Å². The molecule has 9 nitrogen and oxygen atoms in total. The second kappa shape index (κ2) is 9.36. The van der Waals surface area contributed by atoms with E-state index in [0.717, 1.165) is 0 Å². The molecule has 4 aromatic rings. The molecule has 0 aliphatic rings. The quantitative estimate of drug-likeness (QED) is 0.327. The first kappa shape index (κ1) is 24.8. The van der Waals surface area contributed by atoms with Gasteiger partial charge in [-0.1, -0.05) is 12.1 Å². The van der Waals surface area contributed by atoms with Gasteiger partial charge in [-0.3, -0.25) is 0 Å². The maximum absolute atomic E-state index is 12.9. The van der Waals surface area contributed by atoms with E-state index in [1.54, 1.807) is 80.4 Å². The van der Waals surface area contributed by atoms with Crippen molar-refractivity contribution >= 4 is 50.9 Å². The van der Waals surface area contributed by atoms with Gasteiger partial charge in [0, 0.05) is 11.5 Å². The average Bonchev–Trinajstić information content (AvgIpc) is 3.28. The number of aromatic nitrogens is 3. The normalized spacial score (nSPS) is 12.2. The summed E-state index contributed by atoms with van der Waals surface area (Å²) in [6.07, 6.45) is 1.77. The Morgan fingerprint density at radius 3 is 2.43 bits per heavy atom. The molecule has 0 unspecified atom stereocenters. The van der Waals surface area contributed by atoms with Gasteiger partial charge in [0.25, 0.3) is 0 Å². The standard InChI is InChI=1S/C24H28N5O4PS/c1-16(2)35(31,32)22-11-7-6-9-19(22)25-23-20-10-8-14-29(20)28-24(27-23)26-18-13-12-17(34(4,5)30)15-21(18)33-3/h6-16H,1-5H3,(H2,25,26,27,28). The van der Waals surface area contributed by atoms with Crippen molar-refractivity contribution in [3.63, 3.8) is 0 Å². The van der Waals surface area contributed by atoms with Gasteiger partial charge in [-0.15, -0.1) is 5.10 Å². The molecular weight excluding hydrogens is 485 g/mol. The van der Waals surface area contributed by atoms with Crippen LogP contribution in [0.3, 0.4) is 0 Å². The summed E-state index contributed by atoms with van der Waals surface area (Å²) in [5, 5.41) is 11.0. The minimum Gasteiger partial charge on any atom is -0.495 e. The SMILES string of the molecule is COc1cc(P(C)(C)=O)ccc1Nc1nc(Nc2ccccc2S(=O)(=O)C(C)C)c2cccn2n1. The maximum atomic E-state index is 12.9. The van der Waals surface area contributed by atoms with Crippen LogP contribution in [0.4, 0.5) is 23.1 Å². The minimum atomic E-state index is -3.52. The van der Waals surface area contributed by atoms with Crippen LogP contribution in [-0.4, -0.2) is 48.7 Å². The zero-order chi connectivity index (χ0) is 25.4. The van der Waals surface area contributed by atoms with Gasteiger partial charge in [0.2, 0.25) is 5.95 Å². The predicted octanol–water partition coefficient (Wildman–Crippen LogP) is 4.66. The van der Waals surface area contributed by atoms with Gasteiger partial charge < -0.3 is 19.9 Å². The van der Waals surface area contributed by atoms with Crippen molar-refractivity contribution in [1.29, 1.82) is 0 Å². The number of sulfone groups is 1. The summed E-state index contributed by atoms with van der Waals surface area (Å²) in [5.74, 6) is 1.20. The van der Waals surface area contributed by atoms with Gasteiger partial charge in [0.15, 0.2) is 15.7 Å². The molecule has 0 amide bonds. The van der Waals surface area contributed by atoms with Crippen LogP contribution in [0.1, 0.15) is 13.8 Å². The number of nitrogens with zero attached hydrogens (tertiary/aromatic N) is 3. The minimum absolute atomic E-state index is 0.202. The molecule has 2 aromatic heterocycles. The lowest BCUT2D eigenvalue weighted by Crippen LogP contribution is -2.16. The lowest BCUT2D eigenvalue weighted by Gasteiger charge is -2.16. The highest BCUT2D eigenvalue weighted by atomic mass is 32.2. The molecular formula is C24H28N5O4PS. The van der Waals surface area contributed by atoms with Crippen LogP contribution in [0.15, 0.2) is 65.7 Å². The maximum Gasteiger partial charge on any atom is 0.247 e. The number of rotatable bonds is 8. The van der Waals surface area contributed by atoms with Crippen LogP contribution in [-0.2, 0) is 14.4 Å². The van der Waals surface area contributed by atoms with Crippen LogP contribution in [0.2, 0.25) is 0 Å². The van der Waals surface area contributed by atoms with E-state index in [2.05, 4.69) is 20.7 Å². The zero-order valence-corrected chi connectivity index (χ0v) is 21.9. The van der Waals surface area contributed by atoms with Crippen LogP contribution < -0.4 is 20.7 Å². The van der Waals surface area contributed by atoms with E-state index in [9.17, 15) is 13.0 Å². The molecule has 0 aliphatic carbocycles. The fourth-order valence-electron chi connectivity index (χ4n) is 3.52. The van der Waals surface area contributed by atoms with Crippen molar-refractivity contribution in [1.82, 2.24) is 14.6 Å². The number of methoxy groups -OCH3 is 1. The first-order valence-electron chi connectivity index (χ1n) is 11.0. The largest absolute Gasteiger partial charge is 0.495 e. The van der Waals surface area contributed by atoms with E-state index in [0.29, 0.717) is 33.8 Å². The number of hydrogen-bond acceptors (Lipinski definition) is 8. The molecule has 0 aliphatic heterocycles. The zero-order valence-electron chi connectivity index (χ0n) is 20.2. The summed E-state index contributed by atoms with van der Waals surface area (Å²) >= 11 is 0. The van der Waals surface area contributed by atoms with E-state index in [-0.39, 0.29) is 10.8 Å². The van der Waals surface area contributed by atoms with Crippen LogP contribution in [0, 0.1) is 0 Å². The van der Waals surface area contributed by atoms with Gasteiger partial charge in [-0.2, -0.15) is 4.98 Å². The number of para-hydroxylation sites is 1. The molecule has 0 bridgehead atoms. The van der Waals surface area contributed by atoms with Gasteiger partial charge in [-0.25, -0.2) is 12.9 Å². The third-order valence-corrected chi connectivity index (χ3v) is 9.24. The smallest absolute Gasteiger partial charge is 0.247 e. The summed E-state index contributed by atoms with van der Waals surface area (Å²) in [4.78, 5) is 4.82. The number of hydrogen-bond donors (Lipinski definition) is 2. The molecule has 35 heavy (non-hydrogen) atoms. The fourth-order valence-corrected chi connectivity index (χ4v) is 5.58. The molecule has 2 N–H and O–H groups in total. The number of ether oxygens (including phenoxy) is 1. The third kappa shape index (κ3) is 5.04. The molecule has 0 spiro atoms. The number of benzene rings is 2. The van der Waals surface area contributed by atoms with Crippen molar-refractivity contribution in [2.24, 2.45) is 0 Å². The Morgan fingerprint density at radius 2 is 1.74 bits per heavy atom. The number of anilines is 4. The second-order valence-corrected chi connectivity index (χ2v) is 14.4. The van der Waals surface area contributed by atoms with Crippen LogP contribution >= 0.6 is 7.14 Å². The molecule has 11 heteroatoms. The van der Waals surface area contributed by atoms with E-state index in [1.807, 2.05) is 12.1 Å². The monoisotopic (exact) mass is 513 g/mol. The summed E-state index contributed by atoms with van der Waals surface area (Å²) in [6, 6.07) is 15.7. The van der Waals surface area contributed by atoms with E-state index >= 15 is 0 Å². The Bertz CT molecular complexity index is 1540. The molecule has 0 radical (unpaired) electrons. The lowest BCUT2D eigenvalue weighted by molar-refractivity contribution is 0.417. The average molecular weight is 514 g/mol. The van der Waals surface area contributed by atoms with E-state index < -0.39 is 22.2 Å². The fraction of sp³-hybridized carbons (Fsp3) is 0.250. The summed E-state index contributed by atoms with van der Waals surface area (Å²) in [5.41, 5.74) is 1.70. The molecule has 2 heterocycles. The van der Waals surface area contributed by atoms with Crippen molar-refractivity contribution in [2.75, 3.05) is 31.1 Å². The Balaban J connectivity index is 1.75. The Hall–Kier alpha value is -3.36. The third-order valence-electron chi connectivity index (χ3n) is 5.51. The first-order chi connectivity index (χ1) is 16.5. The highest BCUT2D eigenvalue weighted by Gasteiger charge is 2.23. The molecule has 2 aromatic carbocycles. The van der Waals surface area contributed by atoms with Gasteiger partial charge in [0.05, 0.1) is 28.6 Å². The van der Waals surface area contributed by atoms with Crippen LogP contribution in [0.5, 0.6) is 5.75 Å². The van der Waals surface area contributed by atoms with E-state index in [4.69, 9.17) is 4.74 Å². The topological polar surface area (TPSA) is 115 Å². The Kier molecular flexibility index (Phi) is 6.62. The van der Waals surface area contributed by atoms with Crippen molar-refractivity contribution < 1.29 is 17.7 Å². The second-order valence-electron chi connectivity index (χ2n) is 8.70. The molecule has 0 fully saturated rings. The first-order valence-corrected chi connectivity index (χ1v) is 15.1. The predicted molar refractivity (Wildman–Crippen MR) is 140 cm³/mol. The summed E-state index contributed by atoms with van der Waals surface area (Å²) in [7, 11) is -4.44. The number of fused-ring (bicyclic) bond motifs is 1. The number of nitrogens with one attached hydrogen (secondary N) is 2.